The fourth-order valence-electron chi connectivity index (χ4n) is 1.86. The van der Waals surface area contributed by atoms with Crippen molar-refractivity contribution in [3.05, 3.63) is 23.3 Å². The average Bonchev–Trinajstić information content (AvgIpc) is 2.28. The van der Waals surface area contributed by atoms with E-state index in [-0.39, 0.29) is 13.8 Å². The van der Waals surface area contributed by atoms with E-state index in [0.29, 0.717) is 6.07 Å². The molecule has 4 nitrogen and oxygen atoms in total. The van der Waals surface area contributed by atoms with E-state index < -0.39 is 46.1 Å². The van der Waals surface area contributed by atoms with Gasteiger partial charge in [-0.2, -0.15) is 26.3 Å². The minimum atomic E-state index is -5.34. The summed E-state index contributed by atoms with van der Waals surface area (Å²) in [7, 11) is 0. The van der Waals surface area contributed by atoms with Crippen LogP contribution in [0.1, 0.15) is 25.0 Å². The van der Waals surface area contributed by atoms with Crippen LogP contribution in [0.5, 0.6) is 0 Å². The molecule has 2 atom stereocenters. The molecule has 0 saturated heterocycles. The number of hydrogen-bond donors (Lipinski definition) is 4. The first-order valence-electron chi connectivity index (χ1n) is 5.82. The number of anilines is 2. The molecule has 6 N–H and O–H groups in total. The summed E-state index contributed by atoms with van der Waals surface area (Å²) in [5.41, 5.74) is -0.649. The lowest BCUT2D eigenvalue weighted by molar-refractivity contribution is -0.269. The Hall–Kier alpha value is -1.68. The van der Waals surface area contributed by atoms with Gasteiger partial charge in [0.15, 0.2) is 11.2 Å². The van der Waals surface area contributed by atoms with Gasteiger partial charge >= 0.3 is 12.4 Å². The molecule has 0 aromatic heterocycles. The Balaban J connectivity index is 3.82. The zero-order chi connectivity index (χ0) is 17.7. The Morgan fingerprint density at radius 1 is 0.818 bits per heavy atom. The van der Waals surface area contributed by atoms with E-state index in [1.165, 1.54) is 0 Å². The third kappa shape index (κ3) is 2.68. The van der Waals surface area contributed by atoms with Crippen LogP contribution in [0.15, 0.2) is 12.1 Å². The summed E-state index contributed by atoms with van der Waals surface area (Å²) >= 11 is 0. The van der Waals surface area contributed by atoms with Gasteiger partial charge in [0.1, 0.15) is 0 Å². The molecule has 2 unspecified atom stereocenters. The molecule has 0 radical (unpaired) electrons. The summed E-state index contributed by atoms with van der Waals surface area (Å²) < 4.78 is 77.8. The summed E-state index contributed by atoms with van der Waals surface area (Å²) in [4.78, 5) is 0. The zero-order valence-electron chi connectivity index (χ0n) is 11.5. The van der Waals surface area contributed by atoms with E-state index in [4.69, 9.17) is 11.5 Å². The van der Waals surface area contributed by atoms with Crippen LogP contribution in [0.2, 0.25) is 0 Å². The smallest absolute Gasteiger partial charge is 0.397 e. The number of benzene rings is 1. The third-order valence-electron chi connectivity index (χ3n) is 3.39. The molecular weight excluding hydrogens is 318 g/mol. The van der Waals surface area contributed by atoms with Crippen molar-refractivity contribution in [2.75, 3.05) is 11.5 Å². The third-order valence-corrected chi connectivity index (χ3v) is 3.39. The van der Waals surface area contributed by atoms with E-state index in [1.807, 2.05) is 0 Å². The Morgan fingerprint density at radius 2 is 1.23 bits per heavy atom. The molecule has 1 aromatic rings. The molecule has 126 valence electrons. The van der Waals surface area contributed by atoms with E-state index >= 15 is 0 Å². The standard InChI is InChI=1S/C12H14F6N2O2/c1-9(21,11(13,14)15)5-3-4-6(19)8(20)7(5)10(2,22)12(16,17)18/h3-4,21-22H,19-20H2,1-2H3. The van der Waals surface area contributed by atoms with Gasteiger partial charge in [-0.15, -0.1) is 0 Å². The van der Waals surface area contributed by atoms with Gasteiger partial charge < -0.3 is 21.7 Å². The molecule has 0 bridgehead atoms. The second kappa shape index (κ2) is 4.92. The summed E-state index contributed by atoms with van der Waals surface area (Å²) in [5, 5.41) is 19.3. The number of rotatable bonds is 2. The van der Waals surface area contributed by atoms with E-state index in [2.05, 4.69) is 0 Å². The second-order valence-electron chi connectivity index (χ2n) is 5.13. The second-order valence-corrected chi connectivity index (χ2v) is 5.13. The maximum absolute atomic E-state index is 13.0. The van der Waals surface area contributed by atoms with Crippen LogP contribution >= 0.6 is 0 Å². The highest BCUT2D eigenvalue weighted by atomic mass is 19.4. The van der Waals surface area contributed by atoms with Crippen LogP contribution in [-0.2, 0) is 11.2 Å². The van der Waals surface area contributed by atoms with Gasteiger partial charge in [-0.3, -0.25) is 0 Å². The maximum atomic E-state index is 13.0. The van der Waals surface area contributed by atoms with Gasteiger partial charge in [-0.25, -0.2) is 0 Å². The predicted octanol–water partition coefficient (Wildman–Crippen LogP) is 2.39. The molecule has 22 heavy (non-hydrogen) atoms. The van der Waals surface area contributed by atoms with Gasteiger partial charge in [0.05, 0.1) is 11.4 Å². The number of hydrogen-bond acceptors (Lipinski definition) is 4. The number of halogens is 6. The quantitative estimate of drug-likeness (QED) is 0.494. The summed E-state index contributed by atoms with van der Waals surface area (Å²) in [6.07, 6.45) is -10.6. The van der Waals surface area contributed by atoms with E-state index in [1.54, 1.807) is 0 Å². The van der Waals surface area contributed by atoms with Crippen LogP contribution in [-0.4, -0.2) is 22.6 Å². The molecule has 0 amide bonds. The molecule has 0 aliphatic rings. The maximum Gasteiger partial charge on any atom is 0.421 e. The predicted molar refractivity (Wildman–Crippen MR) is 66.5 cm³/mol. The summed E-state index contributed by atoms with van der Waals surface area (Å²) in [6.45, 7) is 0.488. The first kappa shape index (κ1) is 18.4. The number of nitrogen functional groups attached to an aromatic ring is 2. The Kier molecular flexibility index (Phi) is 4.10. The van der Waals surface area contributed by atoms with Crippen molar-refractivity contribution in [3.8, 4) is 0 Å². The molecule has 0 spiro atoms. The first-order chi connectivity index (χ1) is 9.55. The molecule has 0 aliphatic carbocycles. The van der Waals surface area contributed by atoms with Crippen molar-refractivity contribution < 1.29 is 36.6 Å². The molecule has 10 heteroatoms. The fraction of sp³-hybridized carbons (Fsp3) is 0.500. The van der Waals surface area contributed by atoms with Crippen molar-refractivity contribution in [3.63, 3.8) is 0 Å². The minimum absolute atomic E-state index is 0.230. The van der Waals surface area contributed by atoms with Gasteiger partial charge in [0, 0.05) is 11.1 Å². The average molecular weight is 332 g/mol. The molecular formula is C12H14F6N2O2. The largest absolute Gasteiger partial charge is 0.421 e. The summed E-state index contributed by atoms with van der Waals surface area (Å²) in [6, 6.07) is 1.37. The van der Waals surface area contributed by atoms with Crippen LogP contribution in [0, 0.1) is 0 Å². The summed E-state index contributed by atoms with van der Waals surface area (Å²) in [5.74, 6) is 0. The number of alkyl halides is 6. The van der Waals surface area contributed by atoms with Crippen LogP contribution < -0.4 is 11.5 Å². The molecule has 0 heterocycles. The lowest BCUT2D eigenvalue weighted by Gasteiger charge is -2.35. The van der Waals surface area contributed by atoms with Crippen molar-refractivity contribution in [1.82, 2.24) is 0 Å². The monoisotopic (exact) mass is 332 g/mol. The van der Waals surface area contributed by atoms with Crippen LogP contribution in [0.25, 0.3) is 0 Å². The Morgan fingerprint density at radius 3 is 1.59 bits per heavy atom. The fourth-order valence-corrected chi connectivity index (χ4v) is 1.86. The SMILES string of the molecule is CC(O)(c1ccc(N)c(N)c1C(C)(O)C(F)(F)F)C(F)(F)F. The van der Waals surface area contributed by atoms with E-state index in [0.717, 1.165) is 6.07 Å². The highest BCUT2D eigenvalue weighted by molar-refractivity contribution is 5.71. The normalized spacial score (nSPS) is 18.6. The lowest BCUT2D eigenvalue weighted by Crippen LogP contribution is -2.46. The molecule has 0 fully saturated rings. The van der Waals surface area contributed by atoms with Crippen molar-refractivity contribution >= 4 is 11.4 Å². The van der Waals surface area contributed by atoms with Gasteiger partial charge in [0.25, 0.3) is 0 Å². The molecule has 0 aliphatic heterocycles. The number of nitrogens with two attached hydrogens (primary N) is 2. The Labute approximate surface area is 121 Å². The molecule has 0 saturated carbocycles. The lowest BCUT2D eigenvalue weighted by atomic mass is 9.81. The highest BCUT2D eigenvalue weighted by Crippen LogP contribution is 2.49. The first-order valence-corrected chi connectivity index (χ1v) is 5.82. The molecule has 1 aromatic carbocycles. The minimum Gasteiger partial charge on any atom is -0.397 e. The highest BCUT2D eigenvalue weighted by Gasteiger charge is 2.58. The Bertz CT molecular complexity index is 578. The molecule has 1 rings (SSSR count). The van der Waals surface area contributed by atoms with Crippen molar-refractivity contribution in [2.45, 2.75) is 37.4 Å². The topological polar surface area (TPSA) is 92.5 Å². The van der Waals surface area contributed by atoms with Crippen molar-refractivity contribution in [2.24, 2.45) is 0 Å². The van der Waals surface area contributed by atoms with Gasteiger partial charge in [-0.1, -0.05) is 6.07 Å². The van der Waals surface area contributed by atoms with Crippen LogP contribution in [0.4, 0.5) is 37.7 Å². The van der Waals surface area contributed by atoms with Gasteiger partial charge in [0.2, 0.25) is 0 Å². The van der Waals surface area contributed by atoms with Gasteiger partial charge in [-0.05, 0) is 19.9 Å². The van der Waals surface area contributed by atoms with Crippen molar-refractivity contribution in [1.29, 1.82) is 0 Å². The van der Waals surface area contributed by atoms with Crippen LogP contribution in [0.3, 0.4) is 0 Å². The zero-order valence-corrected chi connectivity index (χ0v) is 11.5. The van der Waals surface area contributed by atoms with E-state index in [9.17, 15) is 36.6 Å². The number of aliphatic hydroxyl groups is 2.